The normalized spacial score (nSPS) is 17.5. The number of pyridine rings is 2. The fourth-order valence-corrected chi connectivity index (χ4v) is 6.46. The lowest BCUT2D eigenvalue weighted by atomic mass is 9.63. The quantitative estimate of drug-likeness (QED) is 0.235. The van der Waals surface area contributed by atoms with Crippen LogP contribution in [0.1, 0.15) is 61.0 Å². The number of thiazole rings is 1. The van der Waals surface area contributed by atoms with Crippen molar-refractivity contribution >= 4 is 56.2 Å². The van der Waals surface area contributed by atoms with Gasteiger partial charge in [-0.25, -0.2) is 19.9 Å². The second kappa shape index (κ2) is 10.6. The summed E-state index contributed by atoms with van der Waals surface area (Å²) in [6.07, 6.45) is 11.7. The molecule has 42 heavy (non-hydrogen) atoms. The Bertz CT molecular complexity index is 1810. The monoisotopic (exact) mass is 599 g/mol. The van der Waals surface area contributed by atoms with Crippen LogP contribution in [0.5, 0.6) is 5.75 Å². The average molecular weight is 600 g/mol. The molecule has 7 rings (SSSR count). The standard InChI is InChI=1S/C30H26ClN7O3S/c1-41-22-16-32-23(31)11-20(22)19-12-24(38-10-9-30(7-2-8-30)13-25(38)39)33-15-21(19)27(40)37-29-36-26-28(42-29)35-18(14-34-26)6-5-17-3-4-17/h11-12,14-17H,2-4,7-10,13H2,1H3,(H,34,36,37,40). The van der Waals surface area contributed by atoms with Crippen molar-refractivity contribution in [2.45, 2.75) is 44.9 Å². The summed E-state index contributed by atoms with van der Waals surface area (Å²) < 4.78 is 5.56. The van der Waals surface area contributed by atoms with Crippen LogP contribution in [0.15, 0.2) is 30.7 Å². The molecule has 0 unspecified atom stereocenters. The van der Waals surface area contributed by atoms with Gasteiger partial charge >= 0.3 is 0 Å². The van der Waals surface area contributed by atoms with Gasteiger partial charge in [0.25, 0.3) is 5.91 Å². The van der Waals surface area contributed by atoms with E-state index < -0.39 is 5.91 Å². The summed E-state index contributed by atoms with van der Waals surface area (Å²) in [6, 6.07) is 3.37. The van der Waals surface area contributed by atoms with Gasteiger partial charge in [-0.05, 0) is 55.6 Å². The maximum atomic E-state index is 13.7. The fourth-order valence-electron chi connectivity index (χ4n) is 5.51. The van der Waals surface area contributed by atoms with Crippen LogP contribution in [0, 0.1) is 23.2 Å². The smallest absolute Gasteiger partial charge is 0.259 e. The summed E-state index contributed by atoms with van der Waals surface area (Å²) in [6.45, 7) is 0.587. The van der Waals surface area contributed by atoms with Crippen molar-refractivity contribution in [3.63, 3.8) is 0 Å². The highest BCUT2D eigenvalue weighted by atomic mass is 35.5. The van der Waals surface area contributed by atoms with Crippen molar-refractivity contribution < 1.29 is 14.3 Å². The van der Waals surface area contributed by atoms with Gasteiger partial charge in [-0.3, -0.25) is 19.8 Å². The van der Waals surface area contributed by atoms with Crippen LogP contribution in [0.4, 0.5) is 10.9 Å². The molecule has 4 aromatic heterocycles. The molecule has 3 fully saturated rings. The maximum absolute atomic E-state index is 13.7. The molecule has 1 saturated heterocycles. The van der Waals surface area contributed by atoms with Crippen LogP contribution in [0.3, 0.4) is 0 Å². The van der Waals surface area contributed by atoms with Crippen LogP contribution in [0.25, 0.3) is 21.6 Å². The third-order valence-electron chi connectivity index (χ3n) is 8.19. The topological polar surface area (TPSA) is 123 Å². The zero-order valence-corrected chi connectivity index (χ0v) is 24.4. The van der Waals surface area contributed by atoms with E-state index in [0.717, 1.165) is 32.1 Å². The van der Waals surface area contributed by atoms with Gasteiger partial charge in [0, 0.05) is 36.2 Å². The molecule has 10 nitrogen and oxygen atoms in total. The summed E-state index contributed by atoms with van der Waals surface area (Å²) in [4.78, 5) is 51.2. The van der Waals surface area contributed by atoms with Crippen molar-refractivity contribution in [3.8, 4) is 28.7 Å². The molecule has 1 N–H and O–H groups in total. The van der Waals surface area contributed by atoms with Gasteiger partial charge in [0.1, 0.15) is 22.4 Å². The molecule has 4 aromatic rings. The lowest BCUT2D eigenvalue weighted by Gasteiger charge is -2.47. The predicted molar refractivity (Wildman–Crippen MR) is 160 cm³/mol. The van der Waals surface area contributed by atoms with E-state index in [1.165, 1.54) is 37.3 Å². The number of amides is 2. The first-order chi connectivity index (χ1) is 20.4. The van der Waals surface area contributed by atoms with Crippen molar-refractivity contribution in [2.75, 3.05) is 23.9 Å². The number of halogens is 1. The predicted octanol–water partition coefficient (Wildman–Crippen LogP) is 5.52. The Balaban J connectivity index is 1.22. The summed E-state index contributed by atoms with van der Waals surface area (Å²) in [5.41, 5.74) is 2.47. The minimum Gasteiger partial charge on any atom is -0.494 e. The van der Waals surface area contributed by atoms with E-state index >= 15 is 0 Å². The molecule has 1 aliphatic heterocycles. The number of carbonyl (C=O) groups excluding carboxylic acids is 2. The van der Waals surface area contributed by atoms with Gasteiger partial charge in [-0.2, -0.15) is 4.98 Å². The molecule has 0 aromatic carbocycles. The highest BCUT2D eigenvalue weighted by Crippen LogP contribution is 2.49. The number of piperidine rings is 1. The van der Waals surface area contributed by atoms with E-state index in [-0.39, 0.29) is 22.0 Å². The highest BCUT2D eigenvalue weighted by molar-refractivity contribution is 7.21. The molecule has 2 aliphatic carbocycles. The zero-order valence-electron chi connectivity index (χ0n) is 22.8. The van der Waals surface area contributed by atoms with Crippen molar-refractivity contribution in [1.82, 2.24) is 24.9 Å². The minimum atomic E-state index is -0.440. The number of rotatable bonds is 5. The van der Waals surface area contributed by atoms with Gasteiger partial charge in [0.2, 0.25) is 5.91 Å². The summed E-state index contributed by atoms with van der Waals surface area (Å²) in [5, 5.41) is 3.44. The van der Waals surface area contributed by atoms with Gasteiger partial charge in [0.15, 0.2) is 15.6 Å². The van der Waals surface area contributed by atoms with Crippen LogP contribution in [-0.4, -0.2) is 50.4 Å². The van der Waals surface area contributed by atoms with Gasteiger partial charge < -0.3 is 4.74 Å². The first-order valence-electron chi connectivity index (χ1n) is 13.9. The largest absolute Gasteiger partial charge is 0.494 e. The van der Waals surface area contributed by atoms with E-state index in [0.29, 0.717) is 62.9 Å². The number of nitrogens with zero attached hydrogens (tertiary/aromatic N) is 6. The second-order valence-corrected chi connectivity index (χ2v) is 12.4. The molecule has 2 saturated carbocycles. The molecule has 12 heteroatoms. The Morgan fingerprint density at radius 3 is 2.71 bits per heavy atom. The zero-order chi connectivity index (χ0) is 28.8. The summed E-state index contributed by atoms with van der Waals surface area (Å²) >= 11 is 7.49. The lowest BCUT2D eigenvalue weighted by molar-refractivity contribution is -0.124. The number of hydrogen-bond acceptors (Lipinski definition) is 9. The van der Waals surface area contributed by atoms with Crippen molar-refractivity contribution in [3.05, 3.63) is 47.1 Å². The Kier molecular flexibility index (Phi) is 6.75. The van der Waals surface area contributed by atoms with Crippen LogP contribution in [0.2, 0.25) is 5.15 Å². The number of anilines is 2. The molecular weight excluding hydrogens is 574 g/mol. The molecule has 1 spiro atoms. The van der Waals surface area contributed by atoms with E-state index in [2.05, 4.69) is 42.1 Å². The molecule has 0 atom stereocenters. The van der Waals surface area contributed by atoms with Gasteiger partial charge in [0.05, 0.1) is 25.1 Å². The number of aromatic nitrogens is 5. The van der Waals surface area contributed by atoms with Gasteiger partial charge in [-0.15, -0.1) is 0 Å². The molecule has 0 bridgehead atoms. The number of hydrogen-bond donors (Lipinski definition) is 1. The molecule has 3 aliphatic rings. The summed E-state index contributed by atoms with van der Waals surface area (Å²) in [7, 11) is 1.52. The van der Waals surface area contributed by atoms with E-state index in [9.17, 15) is 9.59 Å². The van der Waals surface area contributed by atoms with Crippen molar-refractivity contribution in [2.24, 2.45) is 11.3 Å². The van der Waals surface area contributed by atoms with Crippen molar-refractivity contribution in [1.29, 1.82) is 0 Å². The third kappa shape index (κ3) is 5.16. The van der Waals surface area contributed by atoms with E-state index in [4.69, 9.17) is 16.3 Å². The van der Waals surface area contributed by atoms with Crippen LogP contribution in [-0.2, 0) is 4.79 Å². The first kappa shape index (κ1) is 26.7. The third-order valence-corrected chi connectivity index (χ3v) is 9.25. The molecule has 2 amide bonds. The molecule has 212 valence electrons. The summed E-state index contributed by atoms with van der Waals surface area (Å²) in [5.74, 6) is 7.21. The number of fused-ring (bicyclic) bond motifs is 1. The Morgan fingerprint density at radius 2 is 1.98 bits per heavy atom. The maximum Gasteiger partial charge on any atom is 0.259 e. The molecule has 0 radical (unpaired) electrons. The Morgan fingerprint density at radius 1 is 1.12 bits per heavy atom. The SMILES string of the molecule is COc1cnc(Cl)cc1-c1cc(N2CCC3(CCC3)CC2=O)ncc1C(=O)Nc1nc2ncc(C#CC3CC3)nc2s1. The second-order valence-electron chi connectivity index (χ2n) is 11.0. The van der Waals surface area contributed by atoms with Crippen LogP contribution >= 0.6 is 22.9 Å². The lowest BCUT2D eigenvalue weighted by Crippen LogP contribution is -2.47. The van der Waals surface area contributed by atoms with Gasteiger partial charge in [-0.1, -0.05) is 35.3 Å². The number of methoxy groups -OCH3 is 1. The molecular formula is C30H26ClN7O3S. The number of ether oxygens (including phenoxy) is 1. The highest BCUT2D eigenvalue weighted by Gasteiger charge is 2.43. The fraction of sp³-hybridized carbons (Fsp3) is 0.367. The Labute approximate surface area is 250 Å². The average Bonchev–Trinajstić information content (AvgIpc) is 3.72. The Hall–Kier alpha value is -4.14. The minimum absolute atomic E-state index is 0.0481. The number of nitrogens with one attached hydrogen (secondary N) is 1. The number of carbonyl (C=O) groups is 2. The van der Waals surface area contributed by atoms with E-state index in [1.807, 2.05) is 0 Å². The first-order valence-corrected chi connectivity index (χ1v) is 15.1. The van der Waals surface area contributed by atoms with E-state index in [1.54, 1.807) is 23.2 Å². The van der Waals surface area contributed by atoms with Crippen LogP contribution < -0.4 is 15.0 Å². The molecule has 5 heterocycles.